The maximum absolute atomic E-state index is 13.4. The zero-order valence-electron chi connectivity index (χ0n) is 12.5. The largest absolute Gasteiger partial charge is 0.482 e. The van der Waals surface area contributed by atoms with E-state index >= 15 is 0 Å². The van der Waals surface area contributed by atoms with Gasteiger partial charge in [-0.05, 0) is 44.5 Å². The number of benzene rings is 2. The molecule has 0 amide bonds. The summed E-state index contributed by atoms with van der Waals surface area (Å²) in [6, 6.07) is 6.42. The summed E-state index contributed by atoms with van der Waals surface area (Å²) < 4.78 is 19.6. The van der Waals surface area contributed by atoms with Gasteiger partial charge in [0.15, 0.2) is 0 Å². The van der Waals surface area contributed by atoms with Gasteiger partial charge in [-0.15, -0.1) is 0 Å². The van der Waals surface area contributed by atoms with Gasteiger partial charge in [0, 0.05) is 16.7 Å². The summed E-state index contributed by atoms with van der Waals surface area (Å²) in [5.74, 6) is 0.267. The van der Waals surface area contributed by atoms with E-state index in [2.05, 4.69) is 0 Å². The Labute approximate surface area is 139 Å². The molecule has 0 radical (unpaired) electrons. The van der Waals surface area contributed by atoms with Crippen molar-refractivity contribution < 1.29 is 9.13 Å². The van der Waals surface area contributed by atoms with Crippen LogP contribution in [-0.2, 0) is 0 Å². The molecule has 0 N–H and O–H groups in total. The maximum atomic E-state index is 13.4. The van der Waals surface area contributed by atoms with Gasteiger partial charge in [-0.25, -0.2) is 4.39 Å². The smallest absolute Gasteiger partial charge is 0.136 e. The molecule has 2 aromatic carbocycles. The fourth-order valence-corrected chi connectivity index (χ4v) is 3.26. The quantitative estimate of drug-likeness (QED) is 0.594. The lowest BCUT2D eigenvalue weighted by Crippen LogP contribution is -2.28. The van der Waals surface area contributed by atoms with Crippen LogP contribution in [0.4, 0.5) is 4.39 Å². The molecular formula is C18H15Cl2FO. The van der Waals surface area contributed by atoms with E-state index in [1.54, 1.807) is 0 Å². The van der Waals surface area contributed by atoms with Gasteiger partial charge in [0.05, 0.1) is 10.0 Å². The third-order valence-electron chi connectivity index (χ3n) is 3.71. The van der Waals surface area contributed by atoms with Crippen molar-refractivity contribution in [2.75, 3.05) is 0 Å². The van der Waals surface area contributed by atoms with Gasteiger partial charge in [0.1, 0.15) is 17.2 Å². The lowest BCUT2D eigenvalue weighted by atomic mass is 9.93. The Morgan fingerprint density at radius 3 is 2.36 bits per heavy atom. The number of halogens is 3. The molecule has 0 fully saturated rings. The first-order valence-electron chi connectivity index (χ1n) is 6.95. The highest BCUT2D eigenvalue weighted by atomic mass is 35.5. The highest BCUT2D eigenvalue weighted by molar-refractivity contribution is 6.39. The van der Waals surface area contributed by atoms with Gasteiger partial charge >= 0.3 is 0 Å². The molecular weight excluding hydrogens is 322 g/mol. The van der Waals surface area contributed by atoms with Crippen molar-refractivity contribution >= 4 is 29.3 Å². The minimum atomic E-state index is -0.458. The number of hydrogen-bond donors (Lipinski definition) is 0. The van der Waals surface area contributed by atoms with E-state index < -0.39 is 11.4 Å². The molecule has 0 unspecified atom stereocenters. The van der Waals surface area contributed by atoms with E-state index in [1.165, 1.54) is 12.1 Å². The van der Waals surface area contributed by atoms with Gasteiger partial charge < -0.3 is 4.74 Å². The molecule has 4 heteroatoms. The zero-order chi connectivity index (χ0) is 16.1. The molecule has 3 rings (SSSR count). The Morgan fingerprint density at radius 1 is 1.09 bits per heavy atom. The lowest BCUT2D eigenvalue weighted by molar-refractivity contribution is 0.160. The van der Waals surface area contributed by atoms with Crippen LogP contribution < -0.4 is 4.74 Å². The standard InChI is InChI=1S/C18H15Cl2FO/c1-10-4-5-13(16-14(19)8-11(21)9-15(16)20)17-12(10)6-7-18(2,3)22-17/h4-9H,1-3H3. The Kier molecular flexibility index (Phi) is 3.70. The van der Waals surface area contributed by atoms with Crippen LogP contribution in [0.5, 0.6) is 5.75 Å². The van der Waals surface area contributed by atoms with Gasteiger partial charge in [-0.3, -0.25) is 0 Å². The Bertz CT molecular complexity index is 771. The molecule has 2 aromatic rings. The van der Waals surface area contributed by atoms with Crippen molar-refractivity contribution in [3.05, 3.63) is 57.3 Å². The Balaban J connectivity index is 2.29. The SMILES string of the molecule is Cc1ccc(-c2c(Cl)cc(F)cc2Cl)c2c1C=CC(C)(C)O2. The summed E-state index contributed by atoms with van der Waals surface area (Å²) in [7, 11) is 0. The summed E-state index contributed by atoms with van der Waals surface area (Å²) in [5, 5.41) is 0.541. The predicted molar refractivity (Wildman–Crippen MR) is 90.3 cm³/mol. The number of fused-ring (bicyclic) bond motifs is 1. The van der Waals surface area contributed by atoms with Crippen LogP contribution in [0, 0.1) is 12.7 Å². The normalized spacial score (nSPS) is 15.4. The van der Waals surface area contributed by atoms with Crippen molar-refractivity contribution in [2.24, 2.45) is 0 Å². The fourth-order valence-electron chi connectivity index (χ4n) is 2.59. The summed E-state index contributed by atoms with van der Waals surface area (Å²) in [4.78, 5) is 0. The molecule has 0 saturated carbocycles. The fraction of sp³-hybridized carbons (Fsp3) is 0.222. The number of aryl methyl sites for hydroxylation is 1. The average Bonchev–Trinajstić information content (AvgIpc) is 2.39. The lowest BCUT2D eigenvalue weighted by Gasteiger charge is -2.30. The van der Waals surface area contributed by atoms with Crippen LogP contribution in [-0.4, -0.2) is 5.60 Å². The molecule has 1 aliphatic rings. The second-order valence-electron chi connectivity index (χ2n) is 5.96. The van der Waals surface area contributed by atoms with E-state index in [-0.39, 0.29) is 10.0 Å². The van der Waals surface area contributed by atoms with Gasteiger partial charge in [-0.1, -0.05) is 41.4 Å². The highest BCUT2D eigenvalue weighted by Gasteiger charge is 2.27. The van der Waals surface area contributed by atoms with Crippen molar-refractivity contribution in [3.8, 4) is 16.9 Å². The van der Waals surface area contributed by atoms with Crippen LogP contribution in [0.25, 0.3) is 17.2 Å². The molecule has 114 valence electrons. The van der Waals surface area contributed by atoms with E-state index in [1.807, 2.05) is 45.1 Å². The first-order valence-corrected chi connectivity index (χ1v) is 7.71. The number of ether oxygens (including phenoxy) is 1. The molecule has 1 heterocycles. The second kappa shape index (κ2) is 5.29. The summed E-state index contributed by atoms with van der Waals surface area (Å²) >= 11 is 12.4. The van der Waals surface area contributed by atoms with Crippen molar-refractivity contribution in [2.45, 2.75) is 26.4 Å². The zero-order valence-corrected chi connectivity index (χ0v) is 14.0. The summed E-state index contributed by atoms with van der Waals surface area (Å²) in [5.41, 5.74) is 3.03. The van der Waals surface area contributed by atoms with Crippen molar-refractivity contribution in [1.82, 2.24) is 0 Å². The topological polar surface area (TPSA) is 9.23 Å². The molecule has 0 bridgehead atoms. The van der Waals surface area contributed by atoms with Gasteiger partial charge in [-0.2, -0.15) is 0 Å². The van der Waals surface area contributed by atoms with Crippen LogP contribution in [0.2, 0.25) is 10.0 Å². The average molecular weight is 337 g/mol. The van der Waals surface area contributed by atoms with Gasteiger partial charge in [0.25, 0.3) is 0 Å². The van der Waals surface area contributed by atoms with Crippen LogP contribution in [0.3, 0.4) is 0 Å². The third kappa shape index (κ3) is 2.62. The van der Waals surface area contributed by atoms with Crippen LogP contribution in [0.1, 0.15) is 25.0 Å². The molecule has 1 aliphatic heterocycles. The van der Waals surface area contributed by atoms with E-state index in [0.29, 0.717) is 5.56 Å². The van der Waals surface area contributed by atoms with Crippen molar-refractivity contribution in [3.63, 3.8) is 0 Å². The number of rotatable bonds is 1. The summed E-state index contributed by atoms with van der Waals surface area (Å²) in [6.45, 7) is 5.97. The van der Waals surface area contributed by atoms with E-state index in [9.17, 15) is 4.39 Å². The minimum Gasteiger partial charge on any atom is -0.482 e. The molecule has 0 atom stereocenters. The molecule has 0 aromatic heterocycles. The number of hydrogen-bond acceptors (Lipinski definition) is 1. The maximum Gasteiger partial charge on any atom is 0.136 e. The van der Waals surface area contributed by atoms with Crippen LogP contribution in [0.15, 0.2) is 30.3 Å². The molecule has 22 heavy (non-hydrogen) atoms. The van der Waals surface area contributed by atoms with Crippen LogP contribution >= 0.6 is 23.2 Å². The predicted octanol–water partition coefficient (Wildman–Crippen LogP) is 6.29. The van der Waals surface area contributed by atoms with E-state index in [0.717, 1.165) is 22.4 Å². The first-order chi connectivity index (χ1) is 10.3. The molecule has 0 spiro atoms. The molecule has 0 aliphatic carbocycles. The third-order valence-corrected chi connectivity index (χ3v) is 4.30. The molecule has 1 nitrogen and oxygen atoms in total. The molecule has 0 saturated heterocycles. The Hall–Kier alpha value is -1.51. The first kappa shape index (κ1) is 15.4. The Morgan fingerprint density at radius 2 is 1.73 bits per heavy atom. The minimum absolute atomic E-state index is 0.270. The van der Waals surface area contributed by atoms with E-state index in [4.69, 9.17) is 27.9 Å². The van der Waals surface area contributed by atoms with Gasteiger partial charge in [0.2, 0.25) is 0 Å². The monoisotopic (exact) mass is 336 g/mol. The highest BCUT2D eigenvalue weighted by Crippen LogP contribution is 2.45. The van der Waals surface area contributed by atoms with Crippen molar-refractivity contribution in [1.29, 1.82) is 0 Å². The second-order valence-corrected chi connectivity index (χ2v) is 6.77. The summed E-state index contributed by atoms with van der Waals surface area (Å²) in [6.07, 6.45) is 4.06.